The van der Waals surface area contributed by atoms with Crippen LogP contribution in [-0.4, -0.2) is 47.0 Å². The average molecular weight is 433 g/mol. The number of hydrogen-bond acceptors (Lipinski definition) is 6. The highest BCUT2D eigenvalue weighted by Crippen LogP contribution is 2.23. The van der Waals surface area contributed by atoms with E-state index in [2.05, 4.69) is 5.32 Å². The quantitative estimate of drug-likeness (QED) is 0.554. The molecule has 0 radical (unpaired) electrons. The zero-order valence-corrected chi connectivity index (χ0v) is 19.3. The summed E-state index contributed by atoms with van der Waals surface area (Å²) in [5, 5.41) is 3.45. The second-order valence-electron chi connectivity index (χ2n) is 9.31. The molecule has 2 aromatic rings. The van der Waals surface area contributed by atoms with E-state index in [1.165, 1.54) is 7.11 Å². The molecule has 8 heteroatoms. The topological polar surface area (TPSA) is 95.9 Å². The SMILES string of the molecule is COC(=O)[C@H](Cc1cn(CC(=O)OC(C)(C)C)c2ccccc12)NC(=O)OC(C)(C)C. The second-order valence-corrected chi connectivity index (χ2v) is 9.31. The van der Waals surface area contributed by atoms with E-state index in [0.717, 1.165) is 16.5 Å². The molecule has 170 valence electrons. The summed E-state index contributed by atoms with van der Waals surface area (Å²) < 4.78 is 17.3. The predicted octanol–water partition coefficient (Wildman–Crippen LogP) is 3.59. The van der Waals surface area contributed by atoms with Crippen molar-refractivity contribution in [3.8, 4) is 0 Å². The molecule has 1 amide bonds. The molecule has 0 aliphatic carbocycles. The lowest BCUT2D eigenvalue weighted by atomic mass is 10.1. The number of nitrogens with zero attached hydrogens (tertiary/aromatic N) is 1. The Bertz CT molecular complexity index is 949. The molecule has 2 rings (SSSR count). The zero-order chi connectivity index (χ0) is 23.4. The number of esters is 2. The molecule has 1 N–H and O–H groups in total. The minimum atomic E-state index is -0.944. The number of para-hydroxylation sites is 1. The summed E-state index contributed by atoms with van der Waals surface area (Å²) in [5.41, 5.74) is 0.319. The molecule has 0 bridgehead atoms. The van der Waals surface area contributed by atoms with E-state index in [0.29, 0.717) is 0 Å². The summed E-state index contributed by atoms with van der Waals surface area (Å²) in [4.78, 5) is 36.9. The van der Waals surface area contributed by atoms with Crippen LogP contribution in [0, 0.1) is 0 Å². The lowest BCUT2D eigenvalue weighted by Crippen LogP contribution is -2.45. The second kappa shape index (κ2) is 9.41. The maximum Gasteiger partial charge on any atom is 0.408 e. The number of nitrogens with one attached hydrogen (secondary N) is 1. The van der Waals surface area contributed by atoms with Gasteiger partial charge in [0.15, 0.2) is 0 Å². The number of carbonyl (C=O) groups excluding carboxylic acids is 3. The van der Waals surface area contributed by atoms with Crippen LogP contribution < -0.4 is 5.32 Å². The Morgan fingerprint density at radius 1 is 1.00 bits per heavy atom. The molecule has 1 aromatic carbocycles. The van der Waals surface area contributed by atoms with Gasteiger partial charge in [0.05, 0.1) is 7.11 Å². The number of amides is 1. The van der Waals surface area contributed by atoms with Crippen molar-refractivity contribution in [2.24, 2.45) is 0 Å². The number of methoxy groups -OCH3 is 1. The zero-order valence-electron chi connectivity index (χ0n) is 19.3. The van der Waals surface area contributed by atoms with E-state index in [4.69, 9.17) is 14.2 Å². The van der Waals surface area contributed by atoms with E-state index in [9.17, 15) is 14.4 Å². The molecule has 8 nitrogen and oxygen atoms in total. The number of rotatable bonds is 6. The van der Waals surface area contributed by atoms with Crippen molar-refractivity contribution in [3.63, 3.8) is 0 Å². The maximum absolute atomic E-state index is 12.3. The molecule has 0 aliphatic heterocycles. The van der Waals surface area contributed by atoms with Crippen molar-refractivity contribution in [1.82, 2.24) is 9.88 Å². The molecule has 1 aromatic heterocycles. The Balaban J connectivity index is 2.30. The van der Waals surface area contributed by atoms with Gasteiger partial charge in [0.25, 0.3) is 0 Å². The van der Waals surface area contributed by atoms with Gasteiger partial charge in [0.1, 0.15) is 23.8 Å². The monoisotopic (exact) mass is 432 g/mol. The summed E-state index contributed by atoms with van der Waals surface area (Å²) in [6, 6.07) is 6.59. The van der Waals surface area contributed by atoms with E-state index >= 15 is 0 Å². The number of fused-ring (bicyclic) bond motifs is 1. The fourth-order valence-corrected chi connectivity index (χ4v) is 3.13. The predicted molar refractivity (Wildman–Crippen MR) is 117 cm³/mol. The Morgan fingerprint density at radius 2 is 1.61 bits per heavy atom. The van der Waals surface area contributed by atoms with Gasteiger partial charge in [-0.05, 0) is 53.2 Å². The standard InChI is InChI=1S/C23H32N2O6/c1-22(2,3)30-19(26)14-25-13-15(16-10-8-9-11-18(16)25)12-17(20(27)29-7)24-21(28)31-23(4,5)6/h8-11,13,17H,12,14H2,1-7H3,(H,24,28)/t17-/m0/s1. The molecule has 0 fully saturated rings. The van der Waals surface area contributed by atoms with Crippen LogP contribution in [0.3, 0.4) is 0 Å². The number of alkyl carbamates (subject to hydrolysis) is 1. The third kappa shape index (κ3) is 7.31. The average Bonchev–Trinajstić information content (AvgIpc) is 2.95. The van der Waals surface area contributed by atoms with E-state index in [-0.39, 0.29) is 18.9 Å². The van der Waals surface area contributed by atoms with E-state index < -0.39 is 29.3 Å². The molecule has 1 atom stereocenters. The Morgan fingerprint density at radius 3 is 2.19 bits per heavy atom. The number of aromatic nitrogens is 1. The van der Waals surface area contributed by atoms with Gasteiger partial charge in [-0.15, -0.1) is 0 Å². The van der Waals surface area contributed by atoms with Crippen LogP contribution in [0.15, 0.2) is 30.5 Å². The first-order chi connectivity index (χ1) is 14.3. The van der Waals surface area contributed by atoms with Gasteiger partial charge >= 0.3 is 18.0 Å². The molecule has 0 spiro atoms. The van der Waals surface area contributed by atoms with E-state index in [1.54, 1.807) is 31.5 Å². The van der Waals surface area contributed by atoms with Crippen LogP contribution in [0.2, 0.25) is 0 Å². The van der Waals surface area contributed by atoms with Gasteiger partial charge in [0.2, 0.25) is 0 Å². The fourth-order valence-electron chi connectivity index (χ4n) is 3.13. The first-order valence-corrected chi connectivity index (χ1v) is 10.1. The third-order valence-corrected chi connectivity index (χ3v) is 4.19. The van der Waals surface area contributed by atoms with Crippen molar-refractivity contribution in [2.45, 2.75) is 71.8 Å². The molecule has 0 saturated heterocycles. The molecule has 1 heterocycles. The van der Waals surface area contributed by atoms with Gasteiger partial charge in [-0.3, -0.25) is 4.79 Å². The molecule has 0 saturated carbocycles. The number of hydrogen-bond donors (Lipinski definition) is 1. The Hall–Kier alpha value is -3.03. The van der Waals surface area contributed by atoms with Crippen molar-refractivity contribution in [2.75, 3.05) is 7.11 Å². The Kier molecular flexibility index (Phi) is 7.36. The third-order valence-electron chi connectivity index (χ3n) is 4.19. The van der Waals surface area contributed by atoms with Crippen molar-refractivity contribution >= 4 is 28.9 Å². The van der Waals surface area contributed by atoms with Crippen molar-refractivity contribution in [3.05, 3.63) is 36.0 Å². The number of carbonyl (C=O) groups is 3. The summed E-state index contributed by atoms with van der Waals surface area (Å²) >= 11 is 0. The van der Waals surface area contributed by atoms with E-state index in [1.807, 2.05) is 45.0 Å². The molecule has 0 aliphatic rings. The fraction of sp³-hybridized carbons (Fsp3) is 0.522. The van der Waals surface area contributed by atoms with Gasteiger partial charge < -0.3 is 24.1 Å². The number of ether oxygens (including phenoxy) is 3. The van der Waals surface area contributed by atoms with Crippen LogP contribution in [0.25, 0.3) is 10.9 Å². The van der Waals surface area contributed by atoms with Crippen LogP contribution >= 0.6 is 0 Å². The van der Waals surface area contributed by atoms with Gasteiger partial charge in [-0.25, -0.2) is 9.59 Å². The highest BCUT2D eigenvalue weighted by molar-refractivity contribution is 5.87. The van der Waals surface area contributed by atoms with Crippen molar-refractivity contribution in [1.29, 1.82) is 0 Å². The highest BCUT2D eigenvalue weighted by atomic mass is 16.6. The minimum absolute atomic E-state index is 0.0279. The minimum Gasteiger partial charge on any atom is -0.467 e. The summed E-state index contributed by atoms with van der Waals surface area (Å²) in [6.45, 7) is 10.7. The summed E-state index contributed by atoms with van der Waals surface area (Å²) in [6.07, 6.45) is 1.26. The van der Waals surface area contributed by atoms with Gasteiger partial charge in [-0.2, -0.15) is 0 Å². The van der Waals surface area contributed by atoms with Crippen LogP contribution in [-0.2, 0) is 36.8 Å². The van der Waals surface area contributed by atoms with Crippen LogP contribution in [0.5, 0.6) is 0 Å². The molecular weight excluding hydrogens is 400 g/mol. The van der Waals surface area contributed by atoms with Gasteiger partial charge in [-0.1, -0.05) is 18.2 Å². The normalized spacial score (nSPS) is 12.9. The van der Waals surface area contributed by atoms with Gasteiger partial charge in [0, 0.05) is 23.5 Å². The smallest absolute Gasteiger partial charge is 0.408 e. The number of benzene rings is 1. The van der Waals surface area contributed by atoms with Crippen LogP contribution in [0.1, 0.15) is 47.1 Å². The van der Waals surface area contributed by atoms with Crippen molar-refractivity contribution < 1.29 is 28.6 Å². The maximum atomic E-state index is 12.3. The van der Waals surface area contributed by atoms with Crippen LogP contribution in [0.4, 0.5) is 4.79 Å². The summed E-state index contributed by atoms with van der Waals surface area (Å²) in [7, 11) is 1.26. The lowest BCUT2D eigenvalue weighted by Gasteiger charge is -2.22. The first-order valence-electron chi connectivity index (χ1n) is 10.1. The first kappa shape index (κ1) is 24.2. The Labute approximate surface area is 182 Å². The summed E-state index contributed by atoms with van der Waals surface area (Å²) in [5.74, 6) is -0.953. The molecular formula is C23H32N2O6. The highest BCUT2D eigenvalue weighted by Gasteiger charge is 2.27. The molecule has 31 heavy (non-hydrogen) atoms. The lowest BCUT2D eigenvalue weighted by molar-refractivity contribution is -0.155. The molecule has 0 unspecified atom stereocenters. The largest absolute Gasteiger partial charge is 0.467 e.